The Labute approximate surface area is 138 Å². The molecule has 0 bridgehead atoms. The highest BCUT2D eigenvalue weighted by atomic mass is 16.5. The number of amides is 1. The summed E-state index contributed by atoms with van der Waals surface area (Å²) in [6.07, 6.45) is 0.219. The summed E-state index contributed by atoms with van der Waals surface area (Å²) in [6, 6.07) is 15.1. The summed E-state index contributed by atoms with van der Waals surface area (Å²) in [5.41, 5.74) is 8.35. The molecule has 1 aromatic heterocycles. The molecule has 0 fully saturated rings. The van der Waals surface area contributed by atoms with Gasteiger partial charge in [0.05, 0.1) is 25.6 Å². The summed E-state index contributed by atoms with van der Waals surface area (Å²) < 4.78 is 6.43. The van der Waals surface area contributed by atoms with E-state index in [4.69, 9.17) is 10.5 Å². The third-order valence-electron chi connectivity index (χ3n) is 3.79. The van der Waals surface area contributed by atoms with Crippen LogP contribution in [0.5, 0.6) is 0 Å². The highest BCUT2D eigenvalue weighted by molar-refractivity contribution is 6.04. The first-order valence-corrected chi connectivity index (χ1v) is 7.48. The van der Waals surface area contributed by atoms with Crippen LogP contribution in [0.2, 0.25) is 0 Å². The van der Waals surface area contributed by atoms with E-state index >= 15 is 0 Å². The Morgan fingerprint density at radius 3 is 2.62 bits per heavy atom. The maximum atomic E-state index is 11.6. The molecule has 6 heteroatoms. The number of hydrogen-bond acceptors (Lipinski definition) is 4. The van der Waals surface area contributed by atoms with Gasteiger partial charge in [-0.3, -0.25) is 14.3 Å². The molecule has 24 heavy (non-hydrogen) atoms. The van der Waals surface area contributed by atoms with Gasteiger partial charge in [0.15, 0.2) is 5.69 Å². The van der Waals surface area contributed by atoms with E-state index in [0.717, 1.165) is 22.0 Å². The molecule has 122 valence electrons. The Hall–Kier alpha value is -3.15. The highest BCUT2D eigenvalue weighted by Crippen LogP contribution is 2.19. The van der Waals surface area contributed by atoms with Crippen LogP contribution in [0, 0.1) is 0 Å². The van der Waals surface area contributed by atoms with Gasteiger partial charge < -0.3 is 10.5 Å². The molecule has 0 saturated heterocycles. The summed E-state index contributed by atoms with van der Waals surface area (Å²) in [5, 5.41) is 5.07. The van der Waals surface area contributed by atoms with Crippen LogP contribution in [-0.2, 0) is 22.5 Å². The van der Waals surface area contributed by atoms with Crippen molar-refractivity contribution < 1.29 is 14.3 Å². The topological polar surface area (TPSA) is 87.2 Å². The largest absolute Gasteiger partial charge is 0.469 e. The van der Waals surface area contributed by atoms with Crippen LogP contribution in [0.4, 0.5) is 0 Å². The van der Waals surface area contributed by atoms with E-state index in [9.17, 15) is 9.59 Å². The SMILES string of the molecule is COC(=O)Cc1cccc(Cn2nc(C(N)=O)c3ccccc32)c1. The minimum Gasteiger partial charge on any atom is -0.469 e. The summed E-state index contributed by atoms with van der Waals surface area (Å²) in [7, 11) is 1.37. The molecule has 0 aliphatic rings. The number of fused-ring (bicyclic) bond motifs is 1. The van der Waals surface area contributed by atoms with Gasteiger partial charge in [-0.15, -0.1) is 0 Å². The molecule has 3 rings (SSSR count). The fourth-order valence-electron chi connectivity index (χ4n) is 2.68. The molecular formula is C18H17N3O3. The zero-order valence-corrected chi connectivity index (χ0v) is 13.2. The van der Waals surface area contributed by atoms with Crippen LogP contribution in [-0.4, -0.2) is 28.8 Å². The minimum absolute atomic E-state index is 0.219. The van der Waals surface area contributed by atoms with E-state index in [1.165, 1.54) is 7.11 Å². The van der Waals surface area contributed by atoms with Crippen molar-refractivity contribution in [1.82, 2.24) is 9.78 Å². The Morgan fingerprint density at radius 1 is 1.12 bits per heavy atom. The number of carbonyl (C=O) groups excluding carboxylic acids is 2. The zero-order valence-electron chi connectivity index (χ0n) is 13.2. The first-order chi connectivity index (χ1) is 11.6. The van der Waals surface area contributed by atoms with E-state index in [1.54, 1.807) is 4.68 Å². The fourth-order valence-corrected chi connectivity index (χ4v) is 2.68. The number of esters is 1. The Kier molecular flexibility index (Phi) is 4.29. The molecule has 0 saturated carbocycles. The van der Waals surface area contributed by atoms with Crippen molar-refractivity contribution in [1.29, 1.82) is 0 Å². The standard InChI is InChI=1S/C18H17N3O3/c1-24-16(22)10-12-5-4-6-13(9-12)11-21-15-8-3-2-7-14(15)17(20-21)18(19)23/h2-9H,10-11H2,1H3,(H2,19,23). The number of methoxy groups -OCH3 is 1. The summed E-state index contributed by atoms with van der Waals surface area (Å²) in [4.78, 5) is 23.0. The number of nitrogens with zero attached hydrogens (tertiary/aromatic N) is 2. The maximum absolute atomic E-state index is 11.6. The summed E-state index contributed by atoms with van der Waals surface area (Å²) in [6.45, 7) is 0.475. The van der Waals surface area contributed by atoms with E-state index in [1.807, 2.05) is 48.5 Å². The van der Waals surface area contributed by atoms with Crippen molar-refractivity contribution in [3.63, 3.8) is 0 Å². The van der Waals surface area contributed by atoms with Crippen LogP contribution >= 0.6 is 0 Å². The third kappa shape index (κ3) is 3.12. The van der Waals surface area contributed by atoms with Crippen molar-refractivity contribution in [2.75, 3.05) is 7.11 Å². The molecule has 0 aliphatic carbocycles. The number of rotatable bonds is 5. The van der Waals surface area contributed by atoms with Gasteiger partial charge in [-0.25, -0.2) is 0 Å². The van der Waals surface area contributed by atoms with Gasteiger partial charge in [-0.05, 0) is 17.2 Å². The number of para-hydroxylation sites is 1. The Bertz CT molecular complexity index is 915. The van der Waals surface area contributed by atoms with E-state index in [0.29, 0.717) is 6.54 Å². The van der Waals surface area contributed by atoms with Crippen LogP contribution in [0.15, 0.2) is 48.5 Å². The predicted octanol–water partition coefficient (Wildman–Crippen LogP) is 1.90. The molecular weight excluding hydrogens is 306 g/mol. The second-order valence-electron chi connectivity index (χ2n) is 5.46. The number of benzene rings is 2. The van der Waals surface area contributed by atoms with Crippen molar-refractivity contribution >= 4 is 22.8 Å². The monoisotopic (exact) mass is 323 g/mol. The van der Waals surface area contributed by atoms with Gasteiger partial charge in [0.25, 0.3) is 5.91 Å². The quantitative estimate of drug-likeness (QED) is 0.726. The molecule has 0 atom stereocenters. The van der Waals surface area contributed by atoms with Gasteiger partial charge in [0, 0.05) is 5.39 Å². The third-order valence-corrected chi connectivity index (χ3v) is 3.79. The Balaban J connectivity index is 1.94. The summed E-state index contributed by atoms with van der Waals surface area (Å²) >= 11 is 0. The van der Waals surface area contributed by atoms with Gasteiger partial charge in [-0.1, -0.05) is 42.5 Å². The number of carbonyl (C=O) groups is 2. The van der Waals surface area contributed by atoms with E-state index in [2.05, 4.69) is 5.10 Å². The highest BCUT2D eigenvalue weighted by Gasteiger charge is 2.14. The van der Waals surface area contributed by atoms with Crippen molar-refractivity contribution in [2.24, 2.45) is 5.73 Å². The number of nitrogens with two attached hydrogens (primary N) is 1. The number of primary amides is 1. The molecule has 2 N–H and O–H groups in total. The van der Waals surface area contributed by atoms with Gasteiger partial charge in [0.1, 0.15) is 0 Å². The molecule has 0 unspecified atom stereocenters. The first-order valence-electron chi connectivity index (χ1n) is 7.48. The molecule has 2 aromatic carbocycles. The predicted molar refractivity (Wildman–Crippen MR) is 89.5 cm³/mol. The number of hydrogen-bond donors (Lipinski definition) is 1. The van der Waals surface area contributed by atoms with Crippen molar-refractivity contribution in [3.05, 3.63) is 65.4 Å². The van der Waals surface area contributed by atoms with Crippen LogP contribution in [0.3, 0.4) is 0 Å². The van der Waals surface area contributed by atoms with Crippen LogP contribution < -0.4 is 5.73 Å². The van der Waals surface area contributed by atoms with Crippen LogP contribution in [0.25, 0.3) is 10.9 Å². The smallest absolute Gasteiger partial charge is 0.309 e. The van der Waals surface area contributed by atoms with Crippen molar-refractivity contribution in [2.45, 2.75) is 13.0 Å². The average Bonchev–Trinajstić information content (AvgIpc) is 2.94. The van der Waals surface area contributed by atoms with Crippen molar-refractivity contribution in [3.8, 4) is 0 Å². The minimum atomic E-state index is -0.551. The lowest BCUT2D eigenvalue weighted by atomic mass is 10.1. The van der Waals surface area contributed by atoms with Gasteiger partial charge in [-0.2, -0.15) is 5.10 Å². The molecule has 1 amide bonds. The van der Waals surface area contributed by atoms with Crippen LogP contribution in [0.1, 0.15) is 21.6 Å². The van der Waals surface area contributed by atoms with Gasteiger partial charge in [0.2, 0.25) is 0 Å². The number of ether oxygens (including phenoxy) is 1. The van der Waals surface area contributed by atoms with E-state index in [-0.39, 0.29) is 18.1 Å². The summed E-state index contributed by atoms with van der Waals surface area (Å²) in [5.74, 6) is -0.836. The number of aromatic nitrogens is 2. The molecule has 1 heterocycles. The fraction of sp³-hybridized carbons (Fsp3) is 0.167. The molecule has 6 nitrogen and oxygen atoms in total. The average molecular weight is 323 g/mol. The van der Waals surface area contributed by atoms with Gasteiger partial charge >= 0.3 is 5.97 Å². The second-order valence-corrected chi connectivity index (χ2v) is 5.46. The molecule has 0 spiro atoms. The van der Waals surface area contributed by atoms with E-state index < -0.39 is 5.91 Å². The molecule has 0 aliphatic heterocycles. The first kappa shape index (κ1) is 15.7. The molecule has 0 radical (unpaired) electrons. The molecule has 3 aromatic rings. The maximum Gasteiger partial charge on any atom is 0.309 e. The Morgan fingerprint density at radius 2 is 1.88 bits per heavy atom. The zero-order chi connectivity index (χ0) is 17.1. The second kappa shape index (κ2) is 6.54. The lowest BCUT2D eigenvalue weighted by Crippen LogP contribution is -2.13. The lowest BCUT2D eigenvalue weighted by molar-refractivity contribution is -0.139. The normalized spacial score (nSPS) is 10.7. The lowest BCUT2D eigenvalue weighted by Gasteiger charge is -2.06.